The molecule has 96 valence electrons. The Hall–Kier alpha value is -1.53. The van der Waals surface area contributed by atoms with Crippen LogP contribution in [0.3, 0.4) is 0 Å². The molecule has 5 nitrogen and oxygen atoms in total. The fourth-order valence-electron chi connectivity index (χ4n) is 1.90. The number of hydrogen-bond acceptors (Lipinski definition) is 4. The second-order valence-corrected chi connectivity index (χ2v) is 5.09. The van der Waals surface area contributed by atoms with Crippen molar-refractivity contribution in [3.63, 3.8) is 0 Å². The van der Waals surface area contributed by atoms with E-state index in [-0.39, 0.29) is 12.5 Å². The van der Waals surface area contributed by atoms with Crippen LogP contribution in [0.15, 0.2) is 23.1 Å². The largest absolute Gasteiger partial charge is 0.368 e. The van der Waals surface area contributed by atoms with Crippen molar-refractivity contribution >= 4 is 29.3 Å². The van der Waals surface area contributed by atoms with Gasteiger partial charge in [0.1, 0.15) is 6.54 Å². The molecule has 0 radical (unpaired) electrons. The summed E-state index contributed by atoms with van der Waals surface area (Å²) < 4.78 is 0. The van der Waals surface area contributed by atoms with Gasteiger partial charge in [0.2, 0.25) is 11.8 Å². The van der Waals surface area contributed by atoms with Gasteiger partial charge in [-0.15, -0.1) is 11.8 Å². The third-order valence-corrected chi connectivity index (χ3v) is 3.76. The number of benzene rings is 1. The fourth-order valence-corrected chi connectivity index (χ4v) is 2.82. The van der Waals surface area contributed by atoms with Crippen LogP contribution in [0.25, 0.3) is 0 Å². The molecule has 18 heavy (non-hydrogen) atoms. The zero-order valence-corrected chi connectivity index (χ0v) is 10.7. The first kappa shape index (κ1) is 12.9. The minimum absolute atomic E-state index is 0.0710. The molecule has 0 saturated heterocycles. The molecule has 4 N–H and O–H groups in total. The van der Waals surface area contributed by atoms with Gasteiger partial charge in [-0.1, -0.05) is 6.07 Å². The highest BCUT2D eigenvalue weighted by Gasteiger charge is 2.25. The molecule has 0 fully saturated rings. The van der Waals surface area contributed by atoms with Gasteiger partial charge in [-0.05, 0) is 30.7 Å². The second kappa shape index (κ2) is 5.41. The lowest BCUT2D eigenvalue weighted by atomic mass is 10.1. The summed E-state index contributed by atoms with van der Waals surface area (Å²) in [6, 6.07) is 5.87. The highest BCUT2D eigenvalue weighted by Crippen LogP contribution is 2.35. The minimum atomic E-state index is -0.509. The molecule has 0 unspecified atom stereocenters. The number of hydrogen-bond donors (Lipinski definition) is 2. The van der Waals surface area contributed by atoms with Crippen LogP contribution in [-0.2, 0) is 16.0 Å². The molecule has 2 rings (SSSR count). The predicted molar refractivity (Wildman–Crippen MR) is 71.5 cm³/mol. The van der Waals surface area contributed by atoms with E-state index in [9.17, 15) is 9.59 Å². The van der Waals surface area contributed by atoms with Gasteiger partial charge in [0.05, 0.1) is 11.4 Å². The average molecular weight is 265 g/mol. The lowest BCUT2D eigenvalue weighted by Gasteiger charge is -2.28. The van der Waals surface area contributed by atoms with E-state index < -0.39 is 5.91 Å². The van der Waals surface area contributed by atoms with Crippen molar-refractivity contribution in [2.45, 2.75) is 11.3 Å². The summed E-state index contributed by atoms with van der Waals surface area (Å²) in [5.74, 6) is -0.252. The Morgan fingerprint density at radius 3 is 2.89 bits per heavy atom. The minimum Gasteiger partial charge on any atom is -0.368 e. The first-order valence-corrected chi connectivity index (χ1v) is 6.65. The summed E-state index contributed by atoms with van der Waals surface area (Å²) in [7, 11) is 0. The maximum absolute atomic E-state index is 11.8. The van der Waals surface area contributed by atoms with Gasteiger partial charge in [-0.3, -0.25) is 9.59 Å². The molecule has 0 bridgehead atoms. The number of amides is 2. The number of rotatable bonds is 4. The summed E-state index contributed by atoms with van der Waals surface area (Å²) >= 11 is 1.48. The molecule has 0 atom stereocenters. The monoisotopic (exact) mass is 265 g/mol. The van der Waals surface area contributed by atoms with E-state index in [1.165, 1.54) is 16.7 Å². The first-order valence-electron chi connectivity index (χ1n) is 5.66. The Morgan fingerprint density at radius 2 is 2.22 bits per heavy atom. The third-order valence-electron chi connectivity index (χ3n) is 2.71. The van der Waals surface area contributed by atoms with E-state index in [1.807, 2.05) is 18.2 Å². The number of fused-ring (bicyclic) bond motifs is 1. The van der Waals surface area contributed by atoms with Crippen LogP contribution in [0.4, 0.5) is 5.69 Å². The summed E-state index contributed by atoms with van der Waals surface area (Å²) in [5, 5.41) is 0. The SMILES string of the molecule is NCCc1ccc2c(c1)N(CC(N)=O)C(=O)CS2. The highest BCUT2D eigenvalue weighted by molar-refractivity contribution is 8.00. The third kappa shape index (κ3) is 2.65. The standard InChI is InChI=1S/C12H15N3O2S/c13-4-3-8-1-2-10-9(5-8)15(6-11(14)16)12(17)7-18-10/h1-2,5H,3-4,6-7,13H2,(H2,14,16). The van der Waals surface area contributed by atoms with Crippen LogP contribution in [-0.4, -0.2) is 30.7 Å². The van der Waals surface area contributed by atoms with Crippen LogP contribution >= 0.6 is 11.8 Å². The Kier molecular flexibility index (Phi) is 3.88. The van der Waals surface area contributed by atoms with E-state index in [0.717, 1.165) is 22.6 Å². The van der Waals surface area contributed by atoms with E-state index >= 15 is 0 Å². The normalized spacial score (nSPS) is 14.5. The lowest BCUT2D eigenvalue weighted by Crippen LogP contribution is -2.41. The second-order valence-electron chi connectivity index (χ2n) is 4.08. The number of thioether (sulfide) groups is 1. The van der Waals surface area contributed by atoms with Crippen LogP contribution in [0.2, 0.25) is 0 Å². The number of carbonyl (C=O) groups excluding carboxylic acids is 2. The first-order chi connectivity index (χ1) is 8.61. The number of anilines is 1. The average Bonchev–Trinajstić information content (AvgIpc) is 2.33. The van der Waals surface area contributed by atoms with Crippen LogP contribution in [0.1, 0.15) is 5.56 Å². The topological polar surface area (TPSA) is 89.4 Å². The molecule has 6 heteroatoms. The van der Waals surface area contributed by atoms with E-state index in [2.05, 4.69) is 0 Å². The van der Waals surface area contributed by atoms with Crippen molar-refractivity contribution in [2.75, 3.05) is 23.7 Å². The van der Waals surface area contributed by atoms with E-state index in [1.54, 1.807) is 0 Å². The summed E-state index contributed by atoms with van der Waals surface area (Å²) in [6.07, 6.45) is 0.747. The zero-order valence-electron chi connectivity index (χ0n) is 9.89. The van der Waals surface area contributed by atoms with Crippen molar-refractivity contribution in [3.8, 4) is 0 Å². The summed E-state index contributed by atoms with van der Waals surface area (Å²) in [6.45, 7) is 0.480. The molecular formula is C12H15N3O2S. The quantitative estimate of drug-likeness (QED) is 0.808. The molecule has 0 aliphatic carbocycles. The number of carbonyl (C=O) groups is 2. The Morgan fingerprint density at radius 1 is 1.44 bits per heavy atom. The lowest BCUT2D eigenvalue weighted by molar-refractivity contribution is -0.121. The van der Waals surface area contributed by atoms with Gasteiger partial charge >= 0.3 is 0 Å². The van der Waals surface area contributed by atoms with Crippen molar-refractivity contribution in [1.82, 2.24) is 0 Å². The molecular weight excluding hydrogens is 250 g/mol. The summed E-state index contributed by atoms with van der Waals surface area (Å²) in [4.78, 5) is 25.3. The number of nitrogens with two attached hydrogens (primary N) is 2. The van der Waals surface area contributed by atoms with Crippen LogP contribution in [0.5, 0.6) is 0 Å². The van der Waals surface area contributed by atoms with Crippen molar-refractivity contribution < 1.29 is 9.59 Å². The predicted octanol–water partition coefficient (Wildman–Crippen LogP) is 0.112. The molecule has 1 aliphatic heterocycles. The maximum Gasteiger partial charge on any atom is 0.237 e. The summed E-state index contributed by atoms with van der Waals surface area (Å²) in [5.41, 5.74) is 12.5. The Balaban J connectivity index is 2.36. The van der Waals surface area contributed by atoms with Gasteiger partial charge in [0, 0.05) is 4.90 Å². The van der Waals surface area contributed by atoms with Gasteiger partial charge in [0.25, 0.3) is 0 Å². The molecule has 0 spiro atoms. The molecule has 0 saturated carbocycles. The molecule has 1 aromatic rings. The highest BCUT2D eigenvalue weighted by atomic mass is 32.2. The van der Waals surface area contributed by atoms with E-state index in [0.29, 0.717) is 12.3 Å². The number of nitrogens with zero attached hydrogens (tertiary/aromatic N) is 1. The van der Waals surface area contributed by atoms with Gasteiger partial charge in [-0.2, -0.15) is 0 Å². The molecule has 0 aromatic heterocycles. The van der Waals surface area contributed by atoms with Crippen molar-refractivity contribution in [1.29, 1.82) is 0 Å². The molecule has 1 aromatic carbocycles. The molecule has 1 heterocycles. The Bertz CT molecular complexity index is 490. The van der Waals surface area contributed by atoms with E-state index in [4.69, 9.17) is 11.5 Å². The molecule has 1 aliphatic rings. The van der Waals surface area contributed by atoms with Crippen LogP contribution in [0, 0.1) is 0 Å². The Labute approximate surface area is 110 Å². The smallest absolute Gasteiger partial charge is 0.237 e. The zero-order chi connectivity index (χ0) is 13.1. The van der Waals surface area contributed by atoms with Crippen molar-refractivity contribution in [3.05, 3.63) is 23.8 Å². The van der Waals surface area contributed by atoms with Gasteiger partial charge < -0.3 is 16.4 Å². The van der Waals surface area contributed by atoms with Crippen molar-refractivity contribution in [2.24, 2.45) is 11.5 Å². The van der Waals surface area contributed by atoms with Gasteiger partial charge in [-0.25, -0.2) is 0 Å². The van der Waals surface area contributed by atoms with Crippen LogP contribution < -0.4 is 16.4 Å². The number of primary amides is 1. The van der Waals surface area contributed by atoms with Gasteiger partial charge in [0.15, 0.2) is 0 Å². The maximum atomic E-state index is 11.8. The molecule has 2 amide bonds. The fraction of sp³-hybridized carbons (Fsp3) is 0.333.